The maximum Gasteiger partial charge on any atom is 0.0372 e. The van der Waals surface area contributed by atoms with Crippen LogP contribution in [0.3, 0.4) is 0 Å². The highest BCUT2D eigenvalue weighted by atomic mass is 14.6. The van der Waals surface area contributed by atoms with Gasteiger partial charge in [0.15, 0.2) is 0 Å². The molecule has 0 saturated carbocycles. The third-order valence-corrected chi connectivity index (χ3v) is 1.62. The summed E-state index contributed by atoms with van der Waals surface area (Å²) in [6.45, 7) is 16.0. The number of rotatable bonds is 0. The van der Waals surface area contributed by atoms with E-state index in [9.17, 15) is 0 Å². The van der Waals surface area contributed by atoms with Crippen LogP contribution in [0.25, 0.3) is 0 Å². The van der Waals surface area contributed by atoms with Crippen molar-refractivity contribution in [2.24, 2.45) is 0 Å². The fraction of sp³-hybridized carbons (Fsp3) is 0.444. The molecule has 2 nitrogen and oxygen atoms in total. The number of aryl methyl sites for hydroxylation is 2. The standard InChI is InChI=1S/2C6H7N.3C2H6/c1-6-3-2-4-7-5-6;1-6-4-2-3-5-7-6;3*1-2/h2*2-5H,1H3;3*1-2H3. The molecule has 0 bridgehead atoms. The third kappa shape index (κ3) is 18.7. The molecule has 0 aliphatic heterocycles. The number of aromatic nitrogens is 2. The Morgan fingerprint density at radius 2 is 1.30 bits per heavy atom. The average molecular weight is 276 g/mol. The summed E-state index contributed by atoms with van der Waals surface area (Å²) < 4.78 is 0. The van der Waals surface area contributed by atoms with Crippen LogP contribution in [-0.4, -0.2) is 9.97 Å². The lowest BCUT2D eigenvalue weighted by Gasteiger charge is -1.82. The van der Waals surface area contributed by atoms with Crippen molar-refractivity contribution in [1.29, 1.82) is 0 Å². The van der Waals surface area contributed by atoms with E-state index in [0.29, 0.717) is 0 Å². The van der Waals surface area contributed by atoms with Gasteiger partial charge in [-0.25, -0.2) is 0 Å². The van der Waals surface area contributed by atoms with E-state index in [1.165, 1.54) is 5.56 Å². The van der Waals surface area contributed by atoms with Crippen LogP contribution in [0.4, 0.5) is 0 Å². The van der Waals surface area contributed by atoms with Crippen molar-refractivity contribution >= 4 is 0 Å². The Labute approximate surface area is 126 Å². The zero-order chi connectivity index (χ0) is 16.2. The van der Waals surface area contributed by atoms with Crippen molar-refractivity contribution in [1.82, 2.24) is 9.97 Å². The highest BCUT2D eigenvalue weighted by molar-refractivity contribution is 5.04. The van der Waals surface area contributed by atoms with E-state index >= 15 is 0 Å². The van der Waals surface area contributed by atoms with Crippen molar-refractivity contribution in [2.75, 3.05) is 0 Å². The highest BCUT2D eigenvalue weighted by Gasteiger charge is 1.73. The summed E-state index contributed by atoms with van der Waals surface area (Å²) in [5.74, 6) is 0. The van der Waals surface area contributed by atoms with Gasteiger partial charge in [-0.2, -0.15) is 0 Å². The topological polar surface area (TPSA) is 25.8 Å². The van der Waals surface area contributed by atoms with Gasteiger partial charge in [0.2, 0.25) is 0 Å². The smallest absolute Gasteiger partial charge is 0.0372 e. The predicted molar refractivity (Wildman–Crippen MR) is 92.0 cm³/mol. The van der Waals surface area contributed by atoms with Gasteiger partial charge in [0.1, 0.15) is 0 Å². The molecule has 114 valence electrons. The van der Waals surface area contributed by atoms with Crippen molar-refractivity contribution < 1.29 is 0 Å². The molecule has 0 N–H and O–H groups in total. The molecule has 0 atom stereocenters. The number of hydrogen-bond donors (Lipinski definition) is 0. The van der Waals surface area contributed by atoms with Gasteiger partial charge < -0.3 is 0 Å². The molecule has 0 saturated heterocycles. The van der Waals surface area contributed by atoms with Crippen LogP contribution in [0.1, 0.15) is 52.8 Å². The molecule has 0 amide bonds. The highest BCUT2D eigenvalue weighted by Crippen LogP contribution is 1.88. The molecule has 0 spiro atoms. The van der Waals surface area contributed by atoms with Gasteiger partial charge in [0.25, 0.3) is 0 Å². The van der Waals surface area contributed by atoms with Gasteiger partial charge in [-0.05, 0) is 37.6 Å². The van der Waals surface area contributed by atoms with Gasteiger partial charge in [0.05, 0.1) is 0 Å². The van der Waals surface area contributed by atoms with Crippen molar-refractivity contribution in [3.8, 4) is 0 Å². The second-order valence-electron chi connectivity index (χ2n) is 3.00. The van der Waals surface area contributed by atoms with Gasteiger partial charge in [-0.3, -0.25) is 9.97 Å². The largest absolute Gasteiger partial charge is 0.264 e. The van der Waals surface area contributed by atoms with Crippen LogP contribution >= 0.6 is 0 Å². The van der Waals surface area contributed by atoms with Crippen LogP contribution in [0.15, 0.2) is 48.9 Å². The molecule has 0 radical (unpaired) electrons. The second kappa shape index (κ2) is 22.5. The quantitative estimate of drug-likeness (QED) is 0.602. The molecule has 20 heavy (non-hydrogen) atoms. The summed E-state index contributed by atoms with van der Waals surface area (Å²) in [5.41, 5.74) is 2.28. The SMILES string of the molecule is CC.CC.CC.Cc1ccccn1.Cc1cccnc1. The molecular weight excluding hydrogens is 244 g/mol. The molecule has 2 heteroatoms. The van der Waals surface area contributed by atoms with Gasteiger partial charge in [0, 0.05) is 24.3 Å². The average Bonchev–Trinajstić information content (AvgIpc) is 2.55. The Morgan fingerprint density at radius 3 is 1.50 bits per heavy atom. The van der Waals surface area contributed by atoms with E-state index in [1.54, 1.807) is 12.4 Å². The minimum Gasteiger partial charge on any atom is -0.264 e. The predicted octanol–water partition coefficient (Wildman–Crippen LogP) is 5.86. The molecule has 0 unspecified atom stereocenters. The van der Waals surface area contributed by atoms with E-state index in [1.807, 2.05) is 91.9 Å². The fourth-order valence-electron chi connectivity index (χ4n) is 0.896. The van der Waals surface area contributed by atoms with Crippen LogP contribution in [0.2, 0.25) is 0 Å². The van der Waals surface area contributed by atoms with Gasteiger partial charge >= 0.3 is 0 Å². The number of nitrogens with zero attached hydrogens (tertiary/aromatic N) is 2. The van der Waals surface area contributed by atoms with E-state index in [4.69, 9.17) is 0 Å². The minimum absolute atomic E-state index is 1.07. The van der Waals surface area contributed by atoms with Crippen molar-refractivity contribution in [2.45, 2.75) is 55.4 Å². The van der Waals surface area contributed by atoms with Crippen molar-refractivity contribution in [3.63, 3.8) is 0 Å². The Bertz CT molecular complexity index is 307. The Kier molecular flexibility index (Phi) is 26.3. The van der Waals surface area contributed by atoms with E-state index in [0.717, 1.165) is 5.69 Å². The summed E-state index contributed by atoms with van der Waals surface area (Å²) in [7, 11) is 0. The number of pyridine rings is 2. The molecule has 2 aromatic heterocycles. The molecule has 0 aliphatic rings. The zero-order valence-electron chi connectivity index (χ0n) is 14.5. The summed E-state index contributed by atoms with van der Waals surface area (Å²) in [4.78, 5) is 7.86. The summed E-state index contributed by atoms with van der Waals surface area (Å²) in [6.07, 6.45) is 5.39. The van der Waals surface area contributed by atoms with E-state index < -0.39 is 0 Å². The molecule has 0 aliphatic carbocycles. The zero-order valence-corrected chi connectivity index (χ0v) is 14.5. The van der Waals surface area contributed by atoms with E-state index in [2.05, 4.69) is 9.97 Å². The monoisotopic (exact) mass is 276 g/mol. The molecule has 0 fully saturated rings. The lowest BCUT2D eigenvalue weighted by atomic mass is 10.3. The van der Waals surface area contributed by atoms with Crippen LogP contribution in [-0.2, 0) is 0 Å². The van der Waals surface area contributed by atoms with Crippen LogP contribution in [0.5, 0.6) is 0 Å². The first kappa shape index (κ1) is 23.4. The summed E-state index contributed by atoms with van der Waals surface area (Å²) in [6, 6.07) is 9.80. The first-order valence-electron chi connectivity index (χ1n) is 7.53. The van der Waals surface area contributed by atoms with Crippen molar-refractivity contribution in [3.05, 3.63) is 60.2 Å². The lowest BCUT2D eigenvalue weighted by molar-refractivity contribution is 1.20. The number of hydrogen-bond acceptors (Lipinski definition) is 2. The second-order valence-corrected chi connectivity index (χ2v) is 3.00. The third-order valence-electron chi connectivity index (χ3n) is 1.62. The van der Waals surface area contributed by atoms with E-state index in [-0.39, 0.29) is 0 Å². The fourth-order valence-corrected chi connectivity index (χ4v) is 0.896. The molecule has 2 rings (SSSR count). The first-order valence-corrected chi connectivity index (χ1v) is 7.53. The Hall–Kier alpha value is -1.70. The van der Waals surface area contributed by atoms with Gasteiger partial charge in [-0.15, -0.1) is 0 Å². The summed E-state index contributed by atoms with van der Waals surface area (Å²) >= 11 is 0. The molecular formula is C18H32N2. The maximum atomic E-state index is 3.98. The van der Waals surface area contributed by atoms with Gasteiger partial charge in [-0.1, -0.05) is 53.7 Å². The first-order chi connectivity index (χ1) is 9.79. The molecule has 0 aromatic carbocycles. The maximum absolute atomic E-state index is 3.98. The molecule has 2 aromatic rings. The van der Waals surface area contributed by atoms with Crippen LogP contribution < -0.4 is 0 Å². The molecule has 2 heterocycles. The Morgan fingerprint density at radius 1 is 0.700 bits per heavy atom. The normalized spacial score (nSPS) is 7.00. The van der Waals surface area contributed by atoms with Crippen LogP contribution in [0, 0.1) is 13.8 Å². The lowest BCUT2D eigenvalue weighted by Crippen LogP contribution is -1.72. The Balaban J connectivity index is -0.000000211. The minimum atomic E-state index is 1.07. The summed E-state index contributed by atoms with van der Waals surface area (Å²) in [5, 5.41) is 0.